The number of hydrogen-bond acceptors (Lipinski definition) is 3. The summed E-state index contributed by atoms with van der Waals surface area (Å²) in [5, 5.41) is 3.20. The molecule has 1 saturated heterocycles. The summed E-state index contributed by atoms with van der Waals surface area (Å²) < 4.78 is 5.04. The number of rotatable bonds is 6. The monoisotopic (exact) mass is 228 g/mol. The lowest BCUT2D eigenvalue weighted by atomic mass is 10.1. The van der Waals surface area contributed by atoms with Crippen LogP contribution in [0.3, 0.4) is 0 Å². The van der Waals surface area contributed by atoms with E-state index in [0.717, 1.165) is 39.1 Å². The van der Waals surface area contributed by atoms with Crippen molar-refractivity contribution in [2.24, 2.45) is 5.92 Å². The highest BCUT2D eigenvalue weighted by Gasteiger charge is 2.15. The summed E-state index contributed by atoms with van der Waals surface area (Å²) in [7, 11) is 1.70. The van der Waals surface area contributed by atoms with E-state index in [4.69, 9.17) is 4.74 Å². The molecule has 0 aromatic carbocycles. The van der Waals surface area contributed by atoms with Crippen molar-refractivity contribution in [3.8, 4) is 0 Å². The largest absolute Gasteiger partial charge is 0.384 e. The lowest BCUT2D eigenvalue weighted by Crippen LogP contribution is -2.42. The second-order valence-corrected chi connectivity index (χ2v) is 4.63. The van der Waals surface area contributed by atoms with Gasteiger partial charge in [-0.1, -0.05) is 6.92 Å². The third-order valence-corrected chi connectivity index (χ3v) is 2.93. The van der Waals surface area contributed by atoms with E-state index in [2.05, 4.69) is 12.2 Å². The Kier molecular flexibility index (Phi) is 6.42. The van der Waals surface area contributed by atoms with E-state index < -0.39 is 0 Å². The van der Waals surface area contributed by atoms with Crippen molar-refractivity contribution in [3.63, 3.8) is 0 Å². The Morgan fingerprint density at radius 3 is 2.69 bits per heavy atom. The molecule has 1 atom stereocenters. The summed E-state index contributed by atoms with van der Waals surface area (Å²) in [4.78, 5) is 13.7. The molecular weight excluding hydrogens is 204 g/mol. The topological polar surface area (TPSA) is 41.6 Å². The standard InChI is InChI=1S/C12H24N2O2/c1-11(10-16-2)8-13-9-12(15)14-6-4-3-5-7-14/h11,13H,3-10H2,1-2H3. The van der Waals surface area contributed by atoms with Crippen LogP contribution in [0.4, 0.5) is 0 Å². The highest BCUT2D eigenvalue weighted by Crippen LogP contribution is 2.08. The van der Waals surface area contributed by atoms with Gasteiger partial charge in [0.25, 0.3) is 0 Å². The summed E-state index contributed by atoms with van der Waals surface area (Å²) in [5.74, 6) is 0.698. The third kappa shape index (κ3) is 4.94. The molecule has 0 bridgehead atoms. The second-order valence-electron chi connectivity index (χ2n) is 4.63. The zero-order valence-corrected chi connectivity index (χ0v) is 10.5. The average Bonchev–Trinajstić information content (AvgIpc) is 2.30. The molecule has 1 aliphatic heterocycles. The number of methoxy groups -OCH3 is 1. The van der Waals surface area contributed by atoms with Crippen LogP contribution < -0.4 is 5.32 Å². The van der Waals surface area contributed by atoms with Gasteiger partial charge in [-0.2, -0.15) is 0 Å². The van der Waals surface area contributed by atoms with E-state index in [1.165, 1.54) is 6.42 Å². The Morgan fingerprint density at radius 2 is 2.06 bits per heavy atom. The maximum Gasteiger partial charge on any atom is 0.236 e. The number of piperidine rings is 1. The van der Waals surface area contributed by atoms with Crippen molar-refractivity contribution in [2.75, 3.05) is 39.9 Å². The molecule has 0 radical (unpaired) electrons. The van der Waals surface area contributed by atoms with Crippen LogP contribution in [-0.4, -0.2) is 50.7 Å². The molecule has 0 saturated carbocycles. The van der Waals surface area contributed by atoms with Crippen LogP contribution in [0.5, 0.6) is 0 Å². The first-order valence-corrected chi connectivity index (χ1v) is 6.21. The third-order valence-electron chi connectivity index (χ3n) is 2.93. The second kappa shape index (κ2) is 7.63. The van der Waals surface area contributed by atoms with Crippen LogP contribution in [0.25, 0.3) is 0 Å². The molecule has 0 aliphatic carbocycles. The Hall–Kier alpha value is -0.610. The Balaban J connectivity index is 2.09. The van der Waals surface area contributed by atoms with E-state index >= 15 is 0 Å². The van der Waals surface area contributed by atoms with E-state index in [0.29, 0.717) is 12.5 Å². The van der Waals surface area contributed by atoms with Crippen LogP contribution in [0.15, 0.2) is 0 Å². The predicted octanol–water partition coefficient (Wildman–Crippen LogP) is 0.871. The molecule has 4 heteroatoms. The SMILES string of the molecule is COCC(C)CNCC(=O)N1CCCCC1. The number of likely N-dealkylation sites (tertiary alicyclic amines) is 1. The van der Waals surface area contributed by atoms with Crippen LogP contribution >= 0.6 is 0 Å². The maximum absolute atomic E-state index is 11.8. The van der Waals surface area contributed by atoms with Gasteiger partial charge >= 0.3 is 0 Å². The molecule has 1 rings (SSSR count). The summed E-state index contributed by atoms with van der Waals surface area (Å²) in [5.41, 5.74) is 0. The molecule has 1 aliphatic rings. The summed E-state index contributed by atoms with van der Waals surface area (Å²) in [6, 6.07) is 0. The Morgan fingerprint density at radius 1 is 1.38 bits per heavy atom. The lowest BCUT2D eigenvalue weighted by Gasteiger charge is -2.27. The minimum atomic E-state index is 0.240. The minimum Gasteiger partial charge on any atom is -0.384 e. The fourth-order valence-electron chi connectivity index (χ4n) is 2.02. The van der Waals surface area contributed by atoms with Gasteiger partial charge in [0.1, 0.15) is 0 Å². The number of amides is 1. The quantitative estimate of drug-likeness (QED) is 0.733. The van der Waals surface area contributed by atoms with Gasteiger partial charge in [-0.15, -0.1) is 0 Å². The van der Waals surface area contributed by atoms with E-state index in [-0.39, 0.29) is 5.91 Å². The van der Waals surface area contributed by atoms with Crippen molar-refractivity contribution < 1.29 is 9.53 Å². The first kappa shape index (κ1) is 13.5. The van der Waals surface area contributed by atoms with Crippen molar-refractivity contribution in [1.82, 2.24) is 10.2 Å². The van der Waals surface area contributed by atoms with Crippen LogP contribution in [0, 0.1) is 5.92 Å². The highest BCUT2D eigenvalue weighted by atomic mass is 16.5. The molecule has 0 aromatic rings. The lowest BCUT2D eigenvalue weighted by molar-refractivity contribution is -0.131. The molecule has 1 amide bonds. The van der Waals surface area contributed by atoms with Gasteiger partial charge in [0.05, 0.1) is 6.54 Å². The maximum atomic E-state index is 11.8. The van der Waals surface area contributed by atoms with Gasteiger partial charge in [0, 0.05) is 33.4 Å². The zero-order valence-electron chi connectivity index (χ0n) is 10.5. The molecule has 1 unspecified atom stereocenters. The number of ether oxygens (including phenoxy) is 1. The number of nitrogens with zero attached hydrogens (tertiary/aromatic N) is 1. The van der Waals surface area contributed by atoms with Crippen molar-refractivity contribution >= 4 is 5.91 Å². The minimum absolute atomic E-state index is 0.240. The molecule has 0 aromatic heterocycles. The summed E-state index contributed by atoms with van der Waals surface area (Å²) in [6.45, 7) is 6.04. The molecule has 1 heterocycles. The van der Waals surface area contributed by atoms with Crippen molar-refractivity contribution in [1.29, 1.82) is 0 Å². The fourth-order valence-corrected chi connectivity index (χ4v) is 2.02. The van der Waals surface area contributed by atoms with Crippen LogP contribution in [0.2, 0.25) is 0 Å². The van der Waals surface area contributed by atoms with Crippen molar-refractivity contribution in [3.05, 3.63) is 0 Å². The van der Waals surface area contributed by atoms with E-state index in [9.17, 15) is 4.79 Å². The first-order chi connectivity index (χ1) is 7.74. The highest BCUT2D eigenvalue weighted by molar-refractivity contribution is 5.78. The number of carbonyl (C=O) groups excluding carboxylic acids is 1. The molecule has 0 spiro atoms. The normalized spacial score (nSPS) is 18.5. The van der Waals surface area contributed by atoms with Gasteiger partial charge in [0.2, 0.25) is 5.91 Å². The number of nitrogens with one attached hydrogen (secondary N) is 1. The Bertz CT molecular complexity index is 203. The number of hydrogen-bond donors (Lipinski definition) is 1. The molecular formula is C12H24N2O2. The zero-order chi connectivity index (χ0) is 11.8. The molecule has 4 nitrogen and oxygen atoms in total. The Labute approximate surface area is 98.3 Å². The smallest absolute Gasteiger partial charge is 0.236 e. The van der Waals surface area contributed by atoms with E-state index in [1.807, 2.05) is 4.90 Å². The van der Waals surface area contributed by atoms with E-state index in [1.54, 1.807) is 7.11 Å². The molecule has 16 heavy (non-hydrogen) atoms. The molecule has 1 fully saturated rings. The van der Waals surface area contributed by atoms with Gasteiger partial charge in [0.15, 0.2) is 0 Å². The van der Waals surface area contributed by atoms with Gasteiger partial charge in [-0.05, 0) is 25.2 Å². The summed E-state index contributed by atoms with van der Waals surface area (Å²) >= 11 is 0. The van der Waals surface area contributed by atoms with Gasteiger partial charge < -0.3 is 15.0 Å². The fraction of sp³-hybridized carbons (Fsp3) is 0.917. The van der Waals surface area contributed by atoms with Crippen LogP contribution in [0.1, 0.15) is 26.2 Å². The predicted molar refractivity (Wildman–Crippen MR) is 64.3 cm³/mol. The van der Waals surface area contributed by atoms with Gasteiger partial charge in [-0.3, -0.25) is 4.79 Å². The van der Waals surface area contributed by atoms with Gasteiger partial charge in [-0.25, -0.2) is 0 Å². The summed E-state index contributed by atoms with van der Waals surface area (Å²) in [6.07, 6.45) is 3.58. The van der Waals surface area contributed by atoms with Crippen LogP contribution in [-0.2, 0) is 9.53 Å². The molecule has 94 valence electrons. The average molecular weight is 228 g/mol. The van der Waals surface area contributed by atoms with Crippen molar-refractivity contribution in [2.45, 2.75) is 26.2 Å². The number of carbonyl (C=O) groups is 1. The first-order valence-electron chi connectivity index (χ1n) is 6.21. The molecule has 1 N–H and O–H groups in total.